The normalized spacial score (nSPS) is 16.4. The van der Waals surface area contributed by atoms with Gasteiger partial charge in [-0.05, 0) is 30.7 Å². The fraction of sp³-hybridized carbons (Fsp3) is 0.350. The van der Waals surface area contributed by atoms with Gasteiger partial charge in [-0.25, -0.2) is 0 Å². The Morgan fingerprint density at radius 2 is 1.96 bits per heavy atom. The zero-order valence-electron chi connectivity index (χ0n) is 14.4. The first-order valence-electron chi connectivity index (χ1n) is 8.56. The number of ether oxygens (including phenoxy) is 1. The molecular weight excluding hydrogens is 336 g/mol. The van der Waals surface area contributed by atoms with Crippen molar-refractivity contribution in [3.63, 3.8) is 0 Å². The lowest BCUT2D eigenvalue weighted by Crippen LogP contribution is -2.44. The van der Waals surface area contributed by atoms with E-state index in [-0.39, 0.29) is 11.9 Å². The van der Waals surface area contributed by atoms with Crippen LogP contribution in [0.5, 0.6) is 0 Å². The Labute approximate surface area is 153 Å². The van der Waals surface area contributed by atoms with Crippen LogP contribution in [0.25, 0.3) is 0 Å². The highest BCUT2D eigenvalue weighted by molar-refractivity contribution is 6.31. The fourth-order valence-electron chi connectivity index (χ4n) is 3.15. The predicted molar refractivity (Wildman–Crippen MR) is 100 cm³/mol. The van der Waals surface area contributed by atoms with Crippen LogP contribution in [0, 0.1) is 6.92 Å². The number of hydrogen-bond acceptors (Lipinski definition) is 3. The van der Waals surface area contributed by atoms with Crippen LogP contribution >= 0.6 is 11.6 Å². The lowest BCUT2D eigenvalue weighted by atomic mass is 10.0. The third-order valence-corrected chi connectivity index (χ3v) is 4.83. The first-order chi connectivity index (χ1) is 12.1. The highest BCUT2D eigenvalue weighted by atomic mass is 35.5. The molecule has 1 aliphatic heterocycles. The zero-order valence-corrected chi connectivity index (χ0v) is 15.1. The number of carbonyl (C=O) groups excluding carboxylic acids is 1. The van der Waals surface area contributed by atoms with Crippen molar-refractivity contribution in [2.75, 3.05) is 32.8 Å². The zero-order chi connectivity index (χ0) is 17.6. The maximum atomic E-state index is 12.5. The molecule has 0 saturated carbocycles. The molecule has 0 bridgehead atoms. The van der Waals surface area contributed by atoms with Crippen molar-refractivity contribution in [2.45, 2.75) is 13.0 Å². The summed E-state index contributed by atoms with van der Waals surface area (Å²) in [6.45, 7) is 5.56. The van der Waals surface area contributed by atoms with Crippen LogP contribution in [0.4, 0.5) is 0 Å². The van der Waals surface area contributed by atoms with Crippen molar-refractivity contribution in [3.05, 3.63) is 70.2 Å². The minimum atomic E-state index is -0.0611. The Balaban J connectivity index is 1.75. The summed E-state index contributed by atoms with van der Waals surface area (Å²) in [5, 5.41) is 3.79. The van der Waals surface area contributed by atoms with E-state index in [2.05, 4.69) is 10.2 Å². The number of hydrogen-bond donors (Lipinski definition) is 1. The topological polar surface area (TPSA) is 41.6 Å². The second-order valence-corrected chi connectivity index (χ2v) is 6.67. The molecule has 1 aliphatic rings. The van der Waals surface area contributed by atoms with Gasteiger partial charge in [0.2, 0.25) is 0 Å². The van der Waals surface area contributed by atoms with Crippen LogP contribution in [-0.4, -0.2) is 43.7 Å². The summed E-state index contributed by atoms with van der Waals surface area (Å²) in [5.41, 5.74) is 2.79. The number of nitrogens with zero attached hydrogens (tertiary/aromatic N) is 1. The summed E-state index contributed by atoms with van der Waals surface area (Å²) in [6, 6.07) is 15.5. The van der Waals surface area contributed by atoms with Gasteiger partial charge >= 0.3 is 0 Å². The first kappa shape index (κ1) is 17.9. The largest absolute Gasteiger partial charge is 0.379 e. The molecule has 1 fully saturated rings. The molecule has 4 nitrogen and oxygen atoms in total. The van der Waals surface area contributed by atoms with Crippen molar-refractivity contribution in [1.82, 2.24) is 10.2 Å². The molecule has 0 unspecified atom stereocenters. The summed E-state index contributed by atoms with van der Waals surface area (Å²) in [5.74, 6) is -0.0611. The Hall–Kier alpha value is -1.88. The van der Waals surface area contributed by atoms with Crippen LogP contribution in [0.2, 0.25) is 5.02 Å². The van der Waals surface area contributed by atoms with Gasteiger partial charge in [0.15, 0.2) is 0 Å². The van der Waals surface area contributed by atoms with Gasteiger partial charge in [0, 0.05) is 30.2 Å². The summed E-state index contributed by atoms with van der Waals surface area (Å²) in [7, 11) is 0. The highest BCUT2D eigenvalue weighted by Crippen LogP contribution is 2.27. The molecule has 0 spiro atoms. The summed E-state index contributed by atoms with van der Waals surface area (Å²) >= 11 is 6.42. The number of halogens is 1. The molecule has 0 radical (unpaired) electrons. The van der Waals surface area contributed by atoms with Gasteiger partial charge in [0.1, 0.15) is 0 Å². The smallest absolute Gasteiger partial charge is 0.251 e. The Morgan fingerprint density at radius 1 is 1.20 bits per heavy atom. The average Bonchev–Trinajstić information content (AvgIpc) is 2.64. The van der Waals surface area contributed by atoms with E-state index >= 15 is 0 Å². The van der Waals surface area contributed by atoms with E-state index in [0.717, 1.165) is 29.2 Å². The minimum absolute atomic E-state index is 0.0337. The number of carbonyl (C=O) groups is 1. The number of amides is 1. The van der Waals surface area contributed by atoms with Crippen molar-refractivity contribution in [3.8, 4) is 0 Å². The number of benzene rings is 2. The molecule has 1 N–H and O–H groups in total. The molecule has 1 atom stereocenters. The van der Waals surface area contributed by atoms with E-state index in [1.165, 1.54) is 0 Å². The maximum Gasteiger partial charge on any atom is 0.251 e. The molecule has 5 heteroatoms. The number of rotatable bonds is 5. The second-order valence-electron chi connectivity index (χ2n) is 6.27. The Morgan fingerprint density at radius 3 is 2.68 bits per heavy atom. The third kappa shape index (κ3) is 4.60. The lowest BCUT2D eigenvalue weighted by Gasteiger charge is -2.35. The van der Waals surface area contributed by atoms with Gasteiger partial charge in [-0.3, -0.25) is 9.69 Å². The first-order valence-corrected chi connectivity index (χ1v) is 8.94. The molecule has 1 amide bonds. The molecule has 1 saturated heterocycles. The van der Waals surface area contributed by atoms with E-state index in [9.17, 15) is 4.79 Å². The monoisotopic (exact) mass is 358 g/mol. The van der Waals surface area contributed by atoms with Crippen molar-refractivity contribution in [1.29, 1.82) is 0 Å². The van der Waals surface area contributed by atoms with E-state index in [0.29, 0.717) is 25.3 Å². The van der Waals surface area contributed by atoms with Crippen molar-refractivity contribution < 1.29 is 9.53 Å². The fourth-order valence-corrected chi connectivity index (χ4v) is 3.41. The lowest BCUT2D eigenvalue weighted by molar-refractivity contribution is 0.0162. The molecule has 1 heterocycles. The van der Waals surface area contributed by atoms with Crippen LogP contribution < -0.4 is 5.32 Å². The van der Waals surface area contributed by atoms with Gasteiger partial charge in [-0.1, -0.05) is 47.5 Å². The van der Waals surface area contributed by atoms with Gasteiger partial charge in [-0.2, -0.15) is 0 Å². The molecule has 3 rings (SSSR count). The average molecular weight is 359 g/mol. The van der Waals surface area contributed by atoms with Crippen LogP contribution in [0.15, 0.2) is 48.5 Å². The van der Waals surface area contributed by atoms with E-state index in [4.69, 9.17) is 16.3 Å². The maximum absolute atomic E-state index is 12.5. The molecule has 25 heavy (non-hydrogen) atoms. The molecule has 0 aromatic heterocycles. The van der Waals surface area contributed by atoms with Gasteiger partial charge < -0.3 is 10.1 Å². The predicted octanol–water partition coefficient (Wildman–Crippen LogP) is 3.45. The number of aryl methyl sites for hydroxylation is 1. The SMILES string of the molecule is Cc1cccc(C(=O)NC[C@H](c2ccccc2Cl)N2CCOCC2)c1. The molecule has 0 aliphatic carbocycles. The third-order valence-electron chi connectivity index (χ3n) is 4.49. The standard InChI is InChI=1S/C20H23ClN2O2/c1-15-5-4-6-16(13-15)20(24)22-14-19(23-9-11-25-12-10-23)17-7-2-3-8-18(17)21/h2-8,13,19H,9-12,14H2,1H3,(H,22,24)/t19-/m1/s1. The van der Waals surface area contributed by atoms with Gasteiger partial charge in [0.05, 0.1) is 19.3 Å². The molecule has 2 aromatic carbocycles. The van der Waals surface area contributed by atoms with E-state index < -0.39 is 0 Å². The summed E-state index contributed by atoms with van der Waals surface area (Å²) in [4.78, 5) is 14.8. The Kier molecular flexibility index (Phi) is 6.08. The molecule has 132 valence electrons. The summed E-state index contributed by atoms with van der Waals surface area (Å²) < 4.78 is 5.46. The molecular formula is C20H23ClN2O2. The number of nitrogens with one attached hydrogen (secondary N) is 1. The summed E-state index contributed by atoms with van der Waals surface area (Å²) in [6.07, 6.45) is 0. The van der Waals surface area contributed by atoms with Crippen LogP contribution in [0.1, 0.15) is 27.5 Å². The van der Waals surface area contributed by atoms with E-state index in [1.807, 2.05) is 55.5 Å². The van der Waals surface area contributed by atoms with Gasteiger partial charge in [0.25, 0.3) is 5.91 Å². The van der Waals surface area contributed by atoms with E-state index in [1.54, 1.807) is 0 Å². The minimum Gasteiger partial charge on any atom is -0.379 e. The van der Waals surface area contributed by atoms with Gasteiger partial charge in [-0.15, -0.1) is 0 Å². The number of morpholine rings is 1. The van der Waals surface area contributed by atoms with Crippen molar-refractivity contribution >= 4 is 17.5 Å². The van der Waals surface area contributed by atoms with Crippen LogP contribution in [-0.2, 0) is 4.74 Å². The quantitative estimate of drug-likeness (QED) is 0.890. The Bertz CT molecular complexity index is 729. The van der Waals surface area contributed by atoms with Crippen LogP contribution in [0.3, 0.4) is 0 Å². The van der Waals surface area contributed by atoms with Crippen molar-refractivity contribution in [2.24, 2.45) is 0 Å². The molecule has 2 aromatic rings. The highest BCUT2D eigenvalue weighted by Gasteiger charge is 2.25. The second kappa shape index (κ2) is 8.48.